The molecule has 0 saturated carbocycles. The number of nitrogens with one attached hydrogen (secondary N) is 1. The lowest BCUT2D eigenvalue weighted by Crippen LogP contribution is -2.41. The van der Waals surface area contributed by atoms with Gasteiger partial charge in [0, 0.05) is 33.0 Å². The van der Waals surface area contributed by atoms with E-state index in [9.17, 15) is 9.59 Å². The molecule has 0 aliphatic carbocycles. The van der Waals surface area contributed by atoms with Crippen LogP contribution in [0.3, 0.4) is 0 Å². The highest BCUT2D eigenvalue weighted by Crippen LogP contribution is 2.32. The van der Waals surface area contributed by atoms with E-state index in [-0.39, 0.29) is 18.7 Å². The molecule has 29 heavy (non-hydrogen) atoms. The molecule has 9 heteroatoms. The summed E-state index contributed by atoms with van der Waals surface area (Å²) < 4.78 is 10.8. The first-order chi connectivity index (χ1) is 14.0. The van der Waals surface area contributed by atoms with Crippen molar-refractivity contribution in [2.45, 2.75) is 37.8 Å². The molecule has 1 aromatic carbocycles. The van der Waals surface area contributed by atoms with E-state index in [2.05, 4.69) is 15.5 Å². The molecule has 1 aromatic heterocycles. The number of amides is 3. The number of hydrogen-bond donors (Lipinski definition) is 1. The molecular formula is C20H25N5O4. The van der Waals surface area contributed by atoms with Gasteiger partial charge in [-0.25, -0.2) is 9.59 Å². The fourth-order valence-corrected chi connectivity index (χ4v) is 3.90. The fraction of sp³-hybridized carbons (Fsp3) is 0.500. The maximum Gasteiger partial charge on any atom is 0.410 e. The monoisotopic (exact) mass is 399 g/mol. The van der Waals surface area contributed by atoms with Crippen molar-refractivity contribution in [2.24, 2.45) is 0 Å². The SMILES string of the molecule is CN1C[C@@]2(CCCN(C(=O)NCc3nc(Cc4ccccc4)no3)CC2)OC1=O. The van der Waals surface area contributed by atoms with Gasteiger partial charge in [-0.05, 0) is 18.4 Å². The van der Waals surface area contributed by atoms with Gasteiger partial charge in [-0.1, -0.05) is 35.5 Å². The number of likely N-dealkylation sites (tertiary alicyclic amines) is 1. The minimum absolute atomic E-state index is 0.178. The molecule has 2 saturated heterocycles. The number of rotatable bonds is 4. The number of nitrogens with zero attached hydrogens (tertiary/aromatic N) is 4. The average molecular weight is 399 g/mol. The predicted octanol–water partition coefficient (Wildman–Crippen LogP) is 2.18. The predicted molar refractivity (Wildman–Crippen MR) is 103 cm³/mol. The molecule has 1 atom stereocenters. The summed E-state index contributed by atoms with van der Waals surface area (Å²) >= 11 is 0. The first-order valence-electron chi connectivity index (χ1n) is 9.85. The van der Waals surface area contributed by atoms with E-state index in [0.29, 0.717) is 44.2 Å². The summed E-state index contributed by atoms with van der Waals surface area (Å²) in [6.07, 6.45) is 2.48. The molecule has 9 nitrogen and oxygen atoms in total. The molecule has 3 heterocycles. The van der Waals surface area contributed by atoms with Crippen LogP contribution in [0.15, 0.2) is 34.9 Å². The molecule has 2 aliphatic heterocycles. The minimum atomic E-state index is -0.473. The van der Waals surface area contributed by atoms with Crippen LogP contribution in [-0.2, 0) is 17.7 Å². The van der Waals surface area contributed by atoms with Crippen LogP contribution >= 0.6 is 0 Å². The average Bonchev–Trinajstić information content (AvgIpc) is 3.20. The third kappa shape index (κ3) is 4.49. The Morgan fingerprint density at radius 1 is 1.24 bits per heavy atom. The van der Waals surface area contributed by atoms with Crippen molar-refractivity contribution in [2.75, 3.05) is 26.7 Å². The van der Waals surface area contributed by atoms with Crippen LogP contribution in [0, 0.1) is 0 Å². The zero-order chi connectivity index (χ0) is 20.3. The molecule has 1 N–H and O–H groups in total. The molecule has 0 unspecified atom stereocenters. The van der Waals surface area contributed by atoms with Crippen molar-refractivity contribution < 1.29 is 18.8 Å². The van der Waals surface area contributed by atoms with E-state index in [4.69, 9.17) is 9.26 Å². The van der Waals surface area contributed by atoms with Gasteiger partial charge in [0.05, 0.1) is 13.1 Å². The second-order valence-electron chi connectivity index (χ2n) is 7.67. The second kappa shape index (κ2) is 8.10. The summed E-state index contributed by atoms with van der Waals surface area (Å²) in [5, 5.41) is 6.82. The van der Waals surface area contributed by atoms with Crippen molar-refractivity contribution in [3.05, 3.63) is 47.6 Å². The van der Waals surface area contributed by atoms with E-state index >= 15 is 0 Å². The fourth-order valence-electron chi connectivity index (χ4n) is 3.90. The topological polar surface area (TPSA) is 101 Å². The minimum Gasteiger partial charge on any atom is -0.441 e. The summed E-state index contributed by atoms with van der Waals surface area (Å²) in [6, 6.07) is 9.72. The quantitative estimate of drug-likeness (QED) is 0.846. The number of carbonyl (C=O) groups is 2. The number of urea groups is 1. The lowest BCUT2D eigenvalue weighted by Gasteiger charge is -2.25. The van der Waals surface area contributed by atoms with E-state index in [1.54, 1.807) is 16.8 Å². The van der Waals surface area contributed by atoms with Gasteiger partial charge in [-0.2, -0.15) is 4.98 Å². The molecule has 0 bridgehead atoms. The van der Waals surface area contributed by atoms with Gasteiger partial charge < -0.3 is 24.4 Å². The number of hydrogen-bond acceptors (Lipinski definition) is 6. The first kappa shape index (κ1) is 19.2. The highest BCUT2D eigenvalue weighted by Gasteiger charge is 2.44. The second-order valence-corrected chi connectivity index (χ2v) is 7.67. The molecule has 2 fully saturated rings. The van der Waals surface area contributed by atoms with Gasteiger partial charge in [-0.3, -0.25) is 0 Å². The van der Waals surface area contributed by atoms with Gasteiger partial charge in [0.25, 0.3) is 0 Å². The van der Waals surface area contributed by atoms with E-state index in [1.807, 2.05) is 30.3 Å². The van der Waals surface area contributed by atoms with Gasteiger partial charge in [0.15, 0.2) is 5.82 Å². The largest absolute Gasteiger partial charge is 0.441 e. The zero-order valence-electron chi connectivity index (χ0n) is 16.5. The van der Waals surface area contributed by atoms with Crippen LogP contribution in [0.2, 0.25) is 0 Å². The zero-order valence-corrected chi connectivity index (χ0v) is 16.5. The van der Waals surface area contributed by atoms with Crippen molar-refractivity contribution in [3.63, 3.8) is 0 Å². The Morgan fingerprint density at radius 3 is 2.83 bits per heavy atom. The van der Waals surface area contributed by atoms with Crippen LogP contribution < -0.4 is 5.32 Å². The van der Waals surface area contributed by atoms with E-state index in [0.717, 1.165) is 18.4 Å². The first-order valence-corrected chi connectivity index (χ1v) is 9.85. The molecule has 2 aliphatic rings. The third-order valence-corrected chi connectivity index (χ3v) is 5.43. The van der Waals surface area contributed by atoms with Gasteiger partial charge in [0.2, 0.25) is 5.89 Å². The molecular weight excluding hydrogens is 374 g/mol. The van der Waals surface area contributed by atoms with Crippen molar-refractivity contribution in [1.82, 2.24) is 25.3 Å². The Hall–Kier alpha value is -3.10. The molecule has 1 spiro atoms. The smallest absolute Gasteiger partial charge is 0.410 e. The summed E-state index contributed by atoms with van der Waals surface area (Å²) in [5.41, 5.74) is 0.625. The highest BCUT2D eigenvalue weighted by molar-refractivity contribution is 5.74. The van der Waals surface area contributed by atoms with E-state index in [1.165, 1.54) is 0 Å². The summed E-state index contributed by atoms with van der Waals surface area (Å²) in [5.74, 6) is 0.964. The summed E-state index contributed by atoms with van der Waals surface area (Å²) in [7, 11) is 1.74. The number of ether oxygens (including phenoxy) is 1. The summed E-state index contributed by atoms with van der Waals surface area (Å²) in [4.78, 5) is 32.0. The van der Waals surface area contributed by atoms with Gasteiger partial charge in [0.1, 0.15) is 5.60 Å². The normalized spacial score (nSPS) is 21.9. The Balaban J connectivity index is 1.27. The maximum atomic E-state index is 12.6. The van der Waals surface area contributed by atoms with Gasteiger partial charge in [-0.15, -0.1) is 0 Å². The molecule has 2 aromatic rings. The number of carbonyl (C=O) groups excluding carboxylic acids is 2. The standard InChI is InChI=1S/C20H25N5O4/c1-24-14-20(28-19(24)27)8-5-10-25(11-9-20)18(26)21-13-17-22-16(23-29-17)12-15-6-3-2-4-7-15/h2-4,6-7H,5,8-14H2,1H3,(H,21,26)/t20-/m0/s1. The number of likely N-dealkylation sites (N-methyl/N-ethyl adjacent to an activating group) is 1. The highest BCUT2D eigenvalue weighted by atomic mass is 16.6. The lowest BCUT2D eigenvalue weighted by atomic mass is 9.95. The van der Waals surface area contributed by atoms with Crippen LogP contribution in [0.1, 0.15) is 36.5 Å². The maximum absolute atomic E-state index is 12.6. The van der Waals surface area contributed by atoms with Crippen LogP contribution in [0.25, 0.3) is 0 Å². The molecule has 154 valence electrons. The Labute approximate surface area is 169 Å². The Morgan fingerprint density at radius 2 is 2.07 bits per heavy atom. The van der Waals surface area contributed by atoms with Crippen molar-refractivity contribution in [3.8, 4) is 0 Å². The summed E-state index contributed by atoms with van der Waals surface area (Å²) in [6.45, 7) is 1.92. The molecule has 4 rings (SSSR count). The van der Waals surface area contributed by atoms with Crippen molar-refractivity contribution in [1.29, 1.82) is 0 Å². The number of aromatic nitrogens is 2. The van der Waals surface area contributed by atoms with Crippen molar-refractivity contribution >= 4 is 12.1 Å². The van der Waals surface area contributed by atoms with Gasteiger partial charge >= 0.3 is 12.1 Å². The third-order valence-electron chi connectivity index (χ3n) is 5.43. The number of benzene rings is 1. The Kier molecular flexibility index (Phi) is 5.37. The molecule has 3 amide bonds. The molecule has 0 radical (unpaired) electrons. The van der Waals surface area contributed by atoms with Crippen LogP contribution in [0.5, 0.6) is 0 Å². The Bertz CT molecular complexity index is 871. The van der Waals surface area contributed by atoms with Crippen LogP contribution in [-0.4, -0.2) is 64.3 Å². The van der Waals surface area contributed by atoms with E-state index < -0.39 is 5.60 Å². The van der Waals surface area contributed by atoms with Crippen LogP contribution in [0.4, 0.5) is 9.59 Å². The lowest BCUT2D eigenvalue weighted by molar-refractivity contribution is 0.0453.